The molecule has 0 amide bonds. The number of para-hydroxylation sites is 1. The van der Waals surface area contributed by atoms with Crippen LogP contribution in [0, 0.1) is 18.6 Å². The number of halogens is 3. The van der Waals surface area contributed by atoms with Crippen molar-refractivity contribution in [3.8, 4) is 16.9 Å². The first-order valence-electron chi connectivity index (χ1n) is 10.3. The minimum Gasteiger partial charge on any atom is -0.487 e. The van der Waals surface area contributed by atoms with Gasteiger partial charge in [-0.1, -0.05) is 43.0 Å². The highest BCUT2D eigenvalue weighted by Crippen LogP contribution is 2.36. The molecule has 1 aromatic heterocycles. The Morgan fingerprint density at radius 1 is 1.09 bits per heavy atom. The Morgan fingerprint density at radius 3 is 2.44 bits per heavy atom. The average molecular weight is 483 g/mol. The molecule has 3 aromatic rings. The molecule has 0 unspecified atom stereocenters. The highest BCUT2D eigenvalue weighted by atomic mass is 32.2. The van der Waals surface area contributed by atoms with Gasteiger partial charge in [0.15, 0.2) is 0 Å². The number of benzene rings is 2. The molecule has 1 aliphatic carbocycles. The number of thiazole rings is 1. The molecule has 2 aromatic carbocycles. The molecule has 3 nitrogen and oxygen atoms in total. The Morgan fingerprint density at radius 2 is 1.75 bits per heavy atom. The standard InChI is InChI=1S/C22H21F2NOS.CH3F.CH5NS/c1-14-10-18(20(24)11-19(14)23)17-8-4-5-9-21(17)26-12-16-13-27-22(25-16)15-6-2-3-7-15;1-2;1-3-2/h4-5,8-11,13,15H,2-3,6-7,12H2,1H3;1H3;2H2,1H3. The zero-order valence-electron chi connectivity index (χ0n) is 18.5. The Balaban J connectivity index is 0.000000671. The van der Waals surface area contributed by atoms with Crippen molar-refractivity contribution in [2.24, 2.45) is 5.14 Å². The van der Waals surface area contributed by atoms with Crippen LogP contribution >= 0.6 is 23.3 Å². The fraction of sp³-hybridized carbons (Fsp3) is 0.375. The van der Waals surface area contributed by atoms with Gasteiger partial charge < -0.3 is 4.74 Å². The Labute approximate surface area is 196 Å². The molecule has 0 spiro atoms. The molecule has 4 rings (SSSR count). The van der Waals surface area contributed by atoms with E-state index < -0.39 is 11.6 Å². The third kappa shape index (κ3) is 6.98. The number of hydrogen-bond donors (Lipinski definition) is 1. The van der Waals surface area contributed by atoms with Gasteiger partial charge in [-0.05, 0) is 43.7 Å². The van der Waals surface area contributed by atoms with Crippen LogP contribution in [-0.4, -0.2) is 18.4 Å². The summed E-state index contributed by atoms with van der Waals surface area (Å²) in [6.45, 7) is 1.96. The smallest absolute Gasteiger partial charge is 0.134 e. The van der Waals surface area contributed by atoms with Crippen molar-refractivity contribution in [2.75, 3.05) is 13.4 Å². The first-order valence-corrected chi connectivity index (χ1v) is 12.4. The fourth-order valence-electron chi connectivity index (χ4n) is 3.58. The molecule has 32 heavy (non-hydrogen) atoms. The van der Waals surface area contributed by atoms with Crippen molar-refractivity contribution < 1.29 is 17.9 Å². The van der Waals surface area contributed by atoms with Crippen molar-refractivity contribution in [2.45, 2.75) is 45.1 Å². The fourth-order valence-corrected chi connectivity index (χ4v) is 4.56. The van der Waals surface area contributed by atoms with E-state index in [9.17, 15) is 13.2 Å². The van der Waals surface area contributed by atoms with Gasteiger partial charge >= 0.3 is 0 Å². The lowest BCUT2D eigenvalue weighted by Gasteiger charge is -2.12. The molecule has 1 saturated carbocycles. The second kappa shape index (κ2) is 13.5. The Kier molecular flexibility index (Phi) is 11.1. The number of alkyl halides is 1. The van der Waals surface area contributed by atoms with Crippen LogP contribution in [0.2, 0.25) is 0 Å². The van der Waals surface area contributed by atoms with Crippen molar-refractivity contribution >= 4 is 23.3 Å². The number of nitrogens with zero attached hydrogens (tertiary/aromatic N) is 1. The second-order valence-electron chi connectivity index (χ2n) is 7.26. The van der Waals surface area contributed by atoms with Crippen LogP contribution in [0.25, 0.3) is 11.1 Å². The Bertz CT molecular complexity index is 976. The number of hydrogen-bond acceptors (Lipinski definition) is 5. The van der Waals surface area contributed by atoms with Crippen LogP contribution in [0.4, 0.5) is 13.2 Å². The predicted molar refractivity (Wildman–Crippen MR) is 129 cm³/mol. The summed E-state index contributed by atoms with van der Waals surface area (Å²) in [5.41, 5.74) is 2.26. The molecule has 8 heteroatoms. The van der Waals surface area contributed by atoms with E-state index in [0.29, 0.717) is 42.1 Å². The predicted octanol–water partition coefficient (Wildman–Crippen LogP) is 7.44. The number of rotatable bonds is 5. The van der Waals surface area contributed by atoms with Gasteiger partial charge in [-0.2, -0.15) is 0 Å². The second-order valence-corrected chi connectivity index (χ2v) is 8.62. The summed E-state index contributed by atoms with van der Waals surface area (Å²) in [6.07, 6.45) is 6.83. The van der Waals surface area contributed by atoms with Gasteiger partial charge in [0, 0.05) is 28.5 Å². The van der Waals surface area contributed by atoms with E-state index in [4.69, 9.17) is 14.9 Å². The van der Waals surface area contributed by atoms with E-state index >= 15 is 0 Å². The third-order valence-electron chi connectivity index (χ3n) is 5.08. The van der Waals surface area contributed by atoms with E-state index in [-0.39, 0.29) is 0 Å². The first-order chi connectivity index (χ1) is 15.5. The average Bonchev–Trinajstić information content (AvgIpc) is 3.49. The van der Waals surface area contributed by atoms with Crippen LogP contribution in [0.1, 0.15) is 47.9 Å². The van der Waals surface area contributed by atoms with Gasteiger partial charge in [-0.3, -0.25) is 9.53 Å². The molecule has 0 radical (unpaired) electrons. The van der Waals surface area contributed by atoms with E-state index in [0.717, 1.165) is 11.8 Å². The molecular formula is C24H29F3N2OS2. The highest BCUT2D eigenvalue weighted by molar-refractivity contribution is 7.96. The maximum atomic E-state index is 14.3. The van der Waals surface area contributed by atoms with Gasteiger partial charge in [0.2, 0.25) is 0 Å². The number of aryl methyl sites for hydroxylation is 1. The van der Waals surface area contributed by atoms with E-state index in [2.05, 4.69) is 0 Å². The summed E-state index contributed by atoms with van der Waals surface area (Å²) in [5.74, 6) is 0.0213. The minimum absolute atomic E-state index is 0.335. The third-order valence-corrected chi connectivity index (χ3v) is 6.13. The number of ether oxygens (including phenoxy) is 1. The van der Waals surface area contributed by atoms with Crippen LogP contribution in [-0.2, 0) is 6.61 Å². The van der Waals surface area contributed by atoms with E-state index in [1.54, 1.807) is 30.4 Å². The molecule has 0 saturated heterocycles. The molecule has 2 N–H and O–H groups in total. The summed E-state index contributed by atoms with van der Waals surface area (Å²) in [7, 11) is 0.500. The molecule has 1 heterocycles. The van der Waals surface area contributed by atoms with Crippen molar-refractivity contribution in [1.82, 2.24) is 4.98 Å². The van der Waals surface area contributed by atoms with Gasteiger partial charge in [0.25, 0.3) is 0 Å². The van der Waals surface area contributed by atoms with Crippen molar-refractivity contribution in [1.29, 1.82) is 0 Å². The molecule has 0 atom stereocenters. The normalized spacial score (nSPS) is 13.1. The quantitative estimate of drug-likeness (QED) is 0.384. The summed E-state index contributed by atoms with van der Waals surface area (Å²) in [4.78, 5) is 4.72. The van der Waals surface area contributed by atoms with Gasteiger partial charge in [0.05, 0.1) is 17.9 Å². The number of nitrogens with two attached hydrogens (primary N) is 1. The molecule has 0 bridgehead atoms. The summed E-state index contributed by atoms with van der Waals surface area (Å²) < 4.78 is 43.4. The molecule has 1 aliphatic rings. The largest absolute Gasteiger partial charge is 0.487 e. The lowest BCUT2D eigenvalue weighted by Crippen LogP contribution is -2.00. The number of aromatic nitrogens is 1. The molecular weight excluding hydrogens is 453 g/mol. The topological polar surface area (TPSA) is 48.1 Å². The zero-order valence-corrected chi connectivity index (χ0v) is 20.2. The monoisotopic (exact) mass is 482 g/mol. The Hall–Kier alpha value is -2.03. The summed E-state index contributed by atoms with van der Waals surface area (Å²) >= 11 is 2.95. The van der Waals surface area contributed by atoms with Gasteiger partial charge in [0.1, 0.15) is 24.0 Å². The maximum Gasteiger partial charge on any atom is 0.134 e. The SMILES string of the molecule is CF.CSN.Cc1cc(-c2ccccc2OCc2csc(C3CCCC3)n2)c(F)cc1F. The summed E-state index contributed by atoms with van der Waals surface area (Å²) in [5, 5.41) is 8.00. The molecule has 0 aliphatic heterocycles. The van der Waals surface area contributed by atoms with Gasteiger partial charge in [-0.25, -0.2) is 13.8 Å². The van der Waals surface area contributed by atoms with Crippen LogP contribution in [0.15, 0.2) is 41.8 Å². The lowest BCUT2D eigenvalue weighted by atomic mass is 10.0. The van der Waals surface area contributed by atoms with Gasteiger partial charge in [-0.15, -0.1) is 11.3 Å². The highest BCUT2D eigenvalue weighted by Gasteiger charge is 2.20. The van der Waals surface area contributed by atoms with Crippen LogP contribution < -0.4 is 9.88 Å². The van der Waals surface area contributed by atoms with Crippen LogP contribution in [0.3, 0.4) is 0 Å². The molecule has 1 fully saturated rings. The van der Waals surface area contributed by atoms with Crippen molar-refractivity contribution in [3.63, 3.8) is 0 Å². The van der Waals surface area contributed by atoms with E-state index in [1.165, 1.54) is 48.7 Å². The minimum atomic E-state index is -0.591. The lowest BCUT2D eigenvalue weighted by molar-refractivity contribution is 0.303. The van der Waals surface area contributed by atoms with Crippen molar-refractivity contribution in [3.05, 3.63) is 69.7 Å². The van der Waals surface area contributed by atoms with E-state index in [1.807, 2.05) is 23.8 Å². The zero-order chi connectivity index (χ0) is 23.5. The molecule has 174 valence electrons. The first kappa shape index (κ1) is 26.2. The van der Waals surface area contributed by atoms with Crippen LogP contribution in [0.5, 0.6) is 5.75 Å². The maximum absolute atomic E-state index is 14.3. The summed E-state index contributed by atoms with van der Waals surface area (Å²) in [6, 6.07) is 9.71.